The fraction of sp³-hybridized carbons (Fsp3) is 0.167. The molecule has 1 amide bonds. The predicted octanol–water partition coefficient (Wildman–Crippen LogP) is 6.97. The number of methoxy groups -OCH3 is 1. The molecule has 0 radical (unpaired) electrons. The van der Waals surface area contributed by atoms with E-state index in [-0.39, 0.29) is 21.2 Å². The smallest absolute Gasteiger partial charge is 0.261 e. The van der Waals surface area contributed by atoms with Crippen molar-refractivity contribution in [3.63, 3.8) is 0 Å². The van der Waals surface area contributed by atoms with E-state index >= 15 is 0 Å². The molecule has 4 aromatic carbocycles. The number of sulfonamides is 1. The maximum absolute atomic E-state index is 13.2. The minimum absolute atomic E-state index is 0.0187. The number of carbonyl (C=O) groups is 1. The third kappa shape index (κ3) is 7.85. The van der Waals surface area contributed by atoms with Gasteiger partial charge in [0.25, 0.3) is 15.9 Å². The summed E-state index contributed by atoms with van der Waals surface area (Å²) in [5.41, 5.74) is 1.11. The Morgan fingerprint density at radius 1 is 0.878 bits per heavy atom. The lowest BCUT2D eigenvalue weighted by molar-refractivity contribution is 0.0955. The van der Waals surface area contributed by atoms with Crippen LogP contribution in [0.2, 0.25) is 10.0 Å². The highest BCUT2D eigenvalue weighted by molar-refractivity contribution is 7.92. The van der Waals surface area contributed by atoms with Crippen LogP contribution < -0.4 is 24.2 Å². The van der Waals surface area contributed by atoms with Crippen molar-refractivity contribution >= 4 is 44.8 Å². The summed E-state index contributed by atoms with van der Waals surface area (Å²) < 4.78 is 45.5. The summed E-state index contributed by atoms with van der Waals surface area (Å²) in [5, 5.41) is 3.54. The molecule has 0 saturated carbocycles. The van der Waals surface area contributed by atoms with Crippen LogP contribution in [0.1, 0.15) is 22.8 Å². The van der Waals surface area contributed by atoms with Crippen LogP contribution in [0, 0.1) is 0 Å². The normalized spacial score (nSPS) is 11.0. The standard InChI is InChI=1S/C30H28Cl2N2O6S/c1-3-39-28-15-8-20(18-29(28)38-2)16-17-33-30(35)24-19-21(31)9-14-26(24)34-41(36,37)23-12-10-22(11-13-23)40-27-7-5-4-6-25(27)32/h4-15,18-19,34H,3,16-17H2,1-2H3,(H,33,35). The fourth-order valence-electron chi connectivity index (χ4n) is 3.90. The zero-order valence-electron chi connectivity index (χ0n) is 22.3. The molecule has 4 aromatic rings. The van der Waals surface area contributed by atoms with Crippen LogP contribution in [-0.2, 0) is 16.4 Å². The van der Waals surface area contributed by atoms with E-state index in [0.29, 0.717) is 47.6 Å². The number of hydrogen-bond acceptors (Lipinski definition) is 6. The van der Waals surface area contributed by atoms with Gasteiger partial charge in [0.15, 0.2) is 11.5 Å². The van der Waals surface area contributed by atoms with Gasteiger partial charge in [-0.3, -0.25) is 9.52 Å². The molecule has 0 aliphatic heterocycles. The van der Waals surface area contributed by atoms with Crippen LogP contribution in [0.15, 0.2) is 89.8 Å². The summed E-state index contributed by atoms with van der Waals surface area (Å²) in [7, 11) is -2.48. The van der Waals surface area contributed by atoms with Crippen molar-refractivity contribution in [1.82, 2.24) is 5.32 Å². The van der Waals surface area contributed by atoms with Crippen molar-refractivity contribution in [3.8, 4) is 23.0 Å². The van der Waals surface area contributed by atoms with E-state index in [1.54, 1.807) is 31.4 Å². The Morgan fingerprint density at radius 3 is 2.34 bits per heavy atom. The highest BCUT2D eigenvalue weighted by Gasteiger charge is 2.20. The maximum Gasteiger partial charge on any atom is 0.261 e. The number of halogens is 2. The maximum atomic E-state index is 13.2. The zero-order chi connectivity index (χ0) is 29.4. The first-order valence-corrected chi connectivity index (χ1v) is 14.9. The lowest BCUT2D eigenvalue weighted by atomic mass is 10.1. The van der Waals surface area contributed by atoms with E-state index in [9.17, 15) is 13.2 Å². The summed E-state index contributed by atoms with van der Waals surface area (Å²) in [6, 6.07) is 22.7. The average molecular weight is 616 g/mol. The van der Waals surface area contributed by atoms with E-state index in [2.05, 4.69) is 10.0 Å². The number of amides is 1. The number of anilines is 1. The molecule has 0 bridgehead atoms. The van der Waals surface area contributed by atoms with Gasteiger partial charge >= 0.3 is 0 Å². The number of rotatable bonds is 12. The molecule has 0 aliphatic rings. The molecule has 0 saturated heterocycles. The largest absolute Gasteiger partial charge is 0.493 e. The third-order valence-corrected chi connectivity index (χ3v) is 7.82. The Bertz CT molecular complexity index is 1630. The van der Waals surface area contributed by atoms with Crippen molar-refractivity contribution in [2.24, 2.45) is 0 Å². The first-order valence-electron chi connectivity index (χ1n) is 12.6. The summed E-state index contributed by atoms with van der Waals surface area (Å²) in [5.74, 6) is 1.62. The van der Waals surface area contributed by atoms with Gasteiger partial charge in [0.05, 0.1) is 34.9 Å². The predicted molar refractivity (Wildman–Crippen MR) is 160 cm³/mol. The van der Waals surface area contributed by atoms with E-state index in [1.165, 1.54) is 42.5 Å². The quantitative estimate of drug-likeness (QED) is 0.179. The number of ether oxygens (including phenoxy) is 3. The monoisotopic (exact) mass is 614 g/mol. The first kappa shape index (κ1) is 30.0. The fourth-order valence-corrected chi connectivity index (χ4v) is 5.32. The number of para-hydroxylation sites is 1. The molecular weight excluding hydrogens is 587 g/mol. The van der Waals surface area contributed by atoms with Crippen LogP contribution >= 0.6 is 23.2 Å². The zero-order valence-corrected chi connectivity index (χ0v) is 24.6. The highest BCUT2D eigenvalue weighted by Crippen LogP contribution is 2.31. The molecule has 2 N–H and O–H groups in total. The van der Waals surface area contributed by atoms with Gasteiger partial charge < -0.3 is 19.5 Å². The summed E-state index contributed by atoms with van der Waals surface area (Å²) in [4.78, 5) is 13.0. The second-order valence-electron chi connectivity index (χ2n) is 8.72. The molecule has 11 heteroatoms. The molecular formula is C30H28Cl2N2O6S. The van der Waals surface area contributed by atoms with Crippen molar-refractivity contribution in [3.05, 3.63) is 106 Å². The van der Waals surface area contributed by atoms with Crippen LogP contribution in [0.5, 0.6) is 23.0 Å². The second kappa shape index (κ2) is 13.6. The van der Waals surface area contributed by atoms with Crippen molar-refractivity contribution in [1.29, 1.82) is 0 Å². The molecule has 214 valence electrons. The molecule has 8 nitrogen and oxygen atoms in total. The summed E-state index contributed by atoms with van der Waals surface area (Å²) in [6.07, 6.45) is 0.513. The number of carbonyl (C=O) groups excluding carboxylic acids is 1. The minimum Gasteiger partial charge on any atom is -0.493 e. The number of benzene rings is 4. The van der Waals surface area contributed by atoms with E-state index in [4.69, 9.17) is 37.4 Å². The number of hydrogen-bond donors (Lipinski definition) is 2. The van der Waals surface area contributed by atoms with Crippen LogP contribution in [-0.4, -0.2) is 34.6 Å². The summed E-state index contributed by atoms with van der Waals surface area (Å²) >= 11 is 12.3. The van der Waals surface area contributed by atoms with Gasteiger partial charge in [0, 0.05) is 11.6 Å². The van der Waals surface area contributed by atoms with Gasteiger partial charge in [-0.2, -0.15) is 0 Å². The Hall–Kier alpha value is -3.92. The van der Waals surface area contributed by atoms with Crippen molar-refractivity contribution in [2.75, 3.05) is 25.0 Å². The molecule has 0 fully saturated rings. The van der Waals surface area contributed by atoms with E-state index in [1.807, 2.05) is 25.1 Å². The topological polar surface area (TPSA) is 103 Å². The van der Waals surface area contributed by atoms with Crippen LogP contribution in [0.3, 0.4) is 0 Å². The molecule has 0 atom stereocenters. The summed E-state index contributed by atoms with van der Waals surface area (Å²) in [6.45, 7) is 2.70. The SMILES string of the molecule is CCOc1ccc(CCNC(=O)c2cc(Cl)ccc2NS(=O)(=O)c2ccc(Oc3ccccc3Cl)cc2)cc1OC. The van der Waals surface area contributed by atoms with Crippen molar-refractivity contribution in [2.45, 2.75) is 18.2 Å². The molecule has 41 heavy (non-hydrogen) atoms. The Balaban J connectivity index is 1.44. The third-order valence-electron chi connectivity index (χ3n) is 5.90. The lowest BCUT2D eigenvalue weighted by Crippen LogP contribution is -2.27. The Morgan fingerprint density at radius 2 is 1.63 bits per heavy atom. The van der Waals surface area contributed by atoms with Gasteiger partial charge in [-0.05, 0) is 85.6 Å². The second-order valence-corrected chi connectivity index (χ2v) is 11.2. The lowest BCUT2D eigenvalue weighted by Gasteiger charge is -2.14. The van der Waals surface area contributed by atoms with Crippen molar-refractivity contribution < 1.29 is 27.4 Å². The molecule has 0 unspecified atom stereocenters. The van der Waals surface area contributed by atoms with Crippen LogP contribution in [0.25, 0.3) is 0 Å². The average Bonchev–Trinajstić information content (AvgIpc) is 2.96. The highest BCUT2D eigenvalue weighted by atomic mass is 35.5. The molecule has 0 aromatic heterocycles. The Kier molecular flexibility index (Phi) is 9.99. The van der Waals surface area contributed by atoms with Gasteiger partial charge in [-0.15, -0.1) is 0 Å². The minimum atomic E-state index is -4.04. The Labute approximate surface area is 249 Å². The van der Waals surface area contributed by atoms with E-state index < -0.39 is 15.9 Å². The molecule has 0 aliphatic carbocycles. The van der Waals surface area contributed by atoms with Crippen LogP contribution in [0.4, 0.5) is 5.69 Å². The van der Waals surface area contributed by atoms with Gasteiger partial charge in [0.1, 0.15) is 11.5 Å². The van der Waals surface area contributed by atoms with Gasteiger partial charge in [-0.1, -0.05) is 41.4 Å². The van der Waals surface area contributed by atoms with E-state index in [0.717, 1.165) is 5.56 Å². The first-order chi connectivity index (χ1) is 19.7. The van der Waals surface area contributed by atoms with Gasteiger partial charge in [0.2, 0.25) is 0 Å². The molecule has 0 heterocycles. The van der Waals surface area contributed by atoms with Gasteiger partial charge in [-0.25, -0.2) is 8.42 Å². The number of nitrogens with one attached hydrogen (secondary N) is 2. The molecule has 0 spiro atoms. The molecule has 4 rings (SSSR count).